The molecule has 1 saturated carbocycles. The highest BCUT2D eigenvalue weighted by molar-refractivity contribution is 6.56. The molecule has 0 unspecified atom stereocenters. The summed E-state index contributed by atoms with van der Waals surface area (Å²) in [4.78, 5) is 14.0. The SMILES string of the molecule is Cc1[nH]c2ccccc2c1C1=NC2(CCCCC2)N=C1c1ccccc1.Cl. The third-order valence-electron chi connectivity index (χ3n) is 5.70. The Bertz CT molecular complexity index is 1020. The zero-order valence-corrected chi connectivity index (χ0v) is 16.4. The van der Waals surface area contributed by atoms with Crippen LogP contribution >= 0.6 is 12.4 Å². The van der Waals surface area contributed by atoms with Crippen molar-refractivity contribution in [2.45, 2.75) is 44.7 Å². The highest BCUT2D eigenvalue weighted by atomic mass is 35.5. The Kier molecular flexibility index (Phi) is 4.65. The maximum absolute atomic E-state index is 5.28. The van der Waals surface area contributed by atoms with Crippen LogP contribution in [0, 0.1) is 6.92 Å². The van der Waals surface area contributed by atoms with Crippen molar-refractivity contribution in [2.75, 3.05) is 0 Å². The molecular weight excluding hydrogens is 354 g/mol. The van der Waals surface area contributed by atoms with Crippen molar-refractivity contribution >= 4 is 34.7 Å². The lowest BCUT2D eigenvalue weighted by molar-refractivity contribution is 0.316. The van der Waals surface area contributed by atoms with Crippen molar-refractivity contribution in [2.24, 2.45) is 9.98 Å². The standard InChI is InChI=1S/C23H23N3.ClH/c1-16-20(18-12-6-7-13-19(18)24-16)22-21(17-10-4-2-5-11-17)25-23(26-22)14-8-3-9-15-23;/h2,4-7,10-13,24H,3,8-9,14-15H2,1H3;1H. The summed E-state index contributed by atoms with van der Waals surface area (Å²) >= 11 is 0. The number of fused-ring (bicyclic) bond motifs is 1. The lowest BCUT2D eigenvalue weighted by Gasteiger charge is -2.27. The molecule has 1 aromatic heterocycles. The summed E-state index contributed by atoms with van der Waals surface area (Å²) in [7, 11) is 0. The molecule has 0 radical (unpaired) electrons. The number of H-pyrrole nitrogens is 1. The molecule has 0 atom stereocenters. The average molecular weight is 378 g/mol. The second-order valence-corrected chi connectivity index (χ2v) is 7.50. The van der Waals surface area contributed by atoms with Gasteiger partial charge >= 0.3 is 0 Å². The summed E-state index contributed by atoms with van der Waals surface area (Å²) < 4.78 is 0. The number of rotatable bonds is 2. The minimum Gasteiger partial charge on any atom is -0.358 e. The lowest BCUT2D eigenvalue weighted by atomic mass is 9.90. The number of para-hydroxylation sites is 1. The maximum Gasteiger partial charge on any atom is 0.151 e. The summed E-state index contributed by atoms with van der Waals surface area (Å²) in [5, 5.41) is 1.24. The van der Waals surface area contributed by atoms with Gasteiger partial charge in [0.05, 0.1) is 11.4 Å². The zero-order valence-electron chi connectivity index (χ0n) is 15.5. The van der Waals surface area contributed by atoms with Crippen molar-refractivity contribution < 1.29 is 0 Å². The van der Waals surface area contributed by atoms with Crippen LogP contribution in [0.25, 0.3) is 10.9 Å². The van der Waals surface area contributed by atoms with Gasteiger partial charge in [-0.1, -0.05) is 55.0 Å². The molecule has 138 valence electrons. The van der Waals surface area contributed by atoms with Crippen molar-refractivity contribution in [3.8, 4) is 0 Å². The van der Waals surface area contributed by atoms with Crippen LogP contribution in [0.3, 0.4) is 0 Å². The Morgan fingerprint density at radius 2 is 1.48 bits per heavy atom. The Balaban J connectivity index is 0.00000180. The van der Waals surface area contributed by atoms with Gasteiger partial charge in [0.2, 0.25) is 0 Å². The largest absolute Gasteiger partial charge is 0.358 e. The number of nitrogens with zero attached hydrogens (tertiary/aromatic N) is 2. The van der Waals surface area contributed by atoms with E-state index in [0.29, 0.717) is 0 Å². The summed E-state index contributed by atoms with van der Waals surface area (Å²) in [5.74, 6) is 0. The number of aryl methyl sites for hydroxylation is 1. The Hall–Kier alpha value is -2.39. The second-order valence-electron chi connectivity index (χ2n) is 7.50. The molecule has 1 aliphatic carbocycles. The number of halogens is 1. The topological polar surface area (TPSA) is 40.5 Å². The first-order valence-corrected chi connectivity index (χ1v) is 9.59. The van der Waals surface area contributed by atoms with Gasteiger partial charge in [-0.25, -0.2) is 0 Å². The predicted octanol–water partition coefficient (Wildman–Crippen LogP) is 5.85. The van der Waals surface area contributed by atoms with E-state index in [1.54, 1.807) is 0 Å². The average Bonchev–Trinajstić information content (AvgIpc) is 3.20. The first kappa shape index (κ1) is 18.0. The Morgan fingerprint density at radius 1 is 0.815 bits per heavy atom. The summed E-state index contributed by atoms with van der Waals surface area (Å²) in [6, 6.07) is 19.0. The Morgan fingerprint density at radius 3 is 2.26 bits per heavy atom. The van der Waals surface area contributed by atoms with Crippen LogP contribution in [0.1, 0.15) is 48.9 Å². The van der Waals surface area contributed by atoms with E-state index in [-0.39, 0.29) is 18.1 Å². The zero-order chi connectivity index (χ0) is 17.6. The maximum atomic E-state index is 5.28. The molecule has 4 heteroatoms. The van der Waals surface area contributed by atoms with Crippen LogP contribution in [-0.4, -0.2) is 22.1 Å². The Labute approximate surface area is 166 Å². The quantitative estimate of drug-likeness (QED) is 0.582. The number of nitrogens with one attached hydrogen (secondary N) is 1. The molecule has 1 fully saturated rings. The van der Waals surface area contributed by atoms with E-state index >= 15 is 0 Å². The minimum atomic E-state index is -0.246. The normalized spacial score (nSPS) is 18.3. The van der Waals surface area contributed by atoms with E-state index in [9.17, 15) is 0 Å². The van der Waals surface area contributed by atoms with Gasteiger partial charge in [0.25, 0.3) is 0 Å². The summed E-state index contributed by atoms with van der Waals surface area (Å²) in [5.41, 5.74) is 6.59. The van der Waals surface area contributed by atoms with Crippen molar-refractivity contribution in [1.29, 1.82) is 0 Å². The van der Waals surface area contributed by atoms with E-state index < -0.39 is 0 Å². The third kappa shape index (κ3) is 3.00. The number of hydrogen-bond donors (Lipinski definition) is 1. The van der Waals surface area contributed by atoms with Gasteiger partial charge in [-0.2, -0.15) is 0 Å². The van der Waals surface area contributed by atoms with Crippen molar-refractivity contribution in [1.82, 2.24) is 4.98 Å². The molecule has 0 bridgehead atoms. The summed E-state index contributed by atoms with van der Waals surface area (Å²) in [6.45, 7) is 2.15. The van der Waals surface area contributed by atoms with Gasteiger partial charge in [0.15, 0.2) is 5.66 Å². The molecule has 5 rings (SSSR count). The first-order chi connectivity index (χ1) is 12.8. The van der Waals surface area contributed by atoms with Gasteiger partial charge in [-0.15, -0.1) is 12.4 Å². The number of benzene rings is 2. The molecule has 3 nitrogen and oxygen atoms in total. The van der Waals surface area contributed by atoms with Crippen LogP contribution in [0.4, 0.5) is 0 Å². The third-order valence-corrected chi connectivity index (χ3v) is 5.70. The van der Waals surface area contributed by atoms with E-state index in [1.165, 1.54) is 47.0 Å². The number of aromatic amines is 1. The molecule has 2 aliphatic rings. The number of aliphatic imine (C=N–C) groups is 2. The van der Waals surface area contributed by atoms with Gasteiger partial charge in [-0.3, -0.25) is 9.98 Å². The molecule has 1 aliphatic heterocycles. The fourth-order valence-electron chi connectivity index (χ4n) is 4.44. The molecule has 3 aromatic rings. The monoisotopic (exact) mass is 377 g/mol. The molecule has 1 spiro atoms. The van der Waals surface area contributed by atoms with Gasteiger partial charge in [-0.05, 0) is 38.7 Å². The van der Waals surface area contributed by atoms with E-state index in [0.717, 1.165) is 24.3 Å². The second kappa shape index (κ2) is 6.97. The summed E-state index contributed by atoms with van der Waals surface area (Å²) in [6.07, 6.45) is 5.86. The van der Waals surface area contributed by atoms with Crippen LogP contribution in [0.2, 0.25) is 0 Å². The molecule has 0 amide bonds. The van der Waals surface area contributed by atoms with Crippen LogP contribution in [0.15, 0.2) is 64.6 Å². The minimum absolute atomic E-state index is 0. The van der Waals surface area contributed by atoms with Crippen molar-refractivity contribution in [3.63, 3.8) is 0 Å². The molecule has 1 N–H and O–H groups in total. The van der Waals surface area contributed by atoms with Gasteiger partial charge < -0.3 is 4.98 Å². The fourth-order valence-corrected chi connectivity index (χ4v) is 4.44. The fraction of sp³-hybridized carbons (Fsp3) is 0.304. The van der Waals surface area contributed by atoms with Crippen molar-refractivity contribution in [3.05, 3.63) is 71.4 Å². The number of aromatic nitrogens is 1. The lowest BCUT2D eigenvalue weighted by Crippen LogP contribution is -2.25. The molecule has 2 aromatic carbocycles. The van der Waals surface area contributed by atoms with Crippen LogP contribution in [0.5, 0.6) is 0 Å². The highest BCUT2D eigenvalue weighted by Crippen LogP contribution is 2.39. The smallest absolute Gasteiger partial charge is 0.151 e. The molecule has 0 saturated heterocycles. The van der Waals surface area contributed by atoms with E-state index in [2.05, 4.69) is 66.5 Å². The molecule has 27 heavy (non-hydrogen) atoms. The molecular formula is C23H24ClN3. The van der Waals surface area contributed by atoms with E-state index in [4.69, 9.17) is 9.98 Å². The van der Waals surface area contributed by atoms with Gasteiger partial charge in [0, 0.05) is 27.7 Å². The van der Waals surface area contributed by atoms with Crippen LogP contribution in [-0.2, 0) is 0 Å². The van der Waals surface area contributed by atoms with Gasteiger partial charge in [0.1, 0.15) is 0 Å². The van der Waals surface area contributed by atoms with Crippen LogP contribution < -0.4 is 0 Å². The predicted molar refractivity (Wildman–Crippen MR) is 116 cm³/mol. The molecule has 2 heterocycles. The first-order valence-electron chi connectivity index (χ1n) is 9.59. The highest BCUT2D eigenvalue weighted by Gasteiger charge is 2.38. The van der Waals surface area contributed by atoms with E-state index in [1.807, 2.05) is 0 Å². The number of hydrogen-bond acceptors (Lipinski definition) is 2.